The van der Waals surface area contributed by atoms with Crippen molar-refractivity contribution < 1.29 is 39.5 Å². The Morgan fingerprint density at radius 2 is 1.08 bits per heavy atom. The van der Waals surface area contributed by atoms with Crippen molar-refractivity contribution in [3.63, 3.8) is 0 Å². The Hall–Kier alpha value is 0.430. The van der Waals surface area contributed by atoms with Gasteiger partial charge in [0.2, 0.25) is 0 Å². The third-order valence-electron chi connectivity index (χ3n) is 5.18. The fourth-order valence-electron chi connectivity index (χ4n) is 3.47. The summed E-state index contributed by atoms with van der Waals surface area (Å²) < 4.78 is 0. The summed E-state index contributed by atoms with van der Waals surface area (Å²) in [4.78, 5) is 13.3. The Labute approximate surface area is 186 Å². The number of carbonyl (C=O) groups excluding carboxylic acids is 1. The van der Waals surface area contributed by atoms with Crippen molar-refractivity contribution in [3.05, 3.63) is 0 Å². The number of aliphatic carboxylic acids is 1. The van der Waals surface area contributed by atoms with E-state index in [1.165, 1.54) is 89.9 Å². The largest absolute Gasteiger partial charge is 1.00 e. The summed E-state index contributed by atoms with van der Waals surface area (Å²) in [5.74, 6) is -0.920. The molecule has 0 saturated heterocycles. The zero-order valence-corrected chi connectivity index (χ0v) is 20.4. The molecule has 3 nitrogen and oxygen atoms in total. The van der Waals surface area contributed by atoms with Crippen molar-refractivity contribution in [1.29, 1.82) is 0 Å². The van der Waals surface area contributed by atoms with E-state index in [1.54, 1.807) is 0 Å². The fraction of sp³-hybridized carbons (Fsp3) is 0.955. The van der Waals surface area contributed by atoms with Gasteiger partial charge >= 0.3 is 29.6 Å². The van der Waals surface area contributed by atoms with Crippen LogP contribution in [0.15, 0.2) is 0 Å². The minimum Gasteiger partial charge on any atom is -0.550 e. The van der Waals surface area contributed by atoms with Gasteiger partial charge in [0.1, 0.15) is 0 Å². The van der Waals surface area contributed by atoms with Crippen molar-refractivity contribution in [2.24, 2.45) is 0 Å². The van der Waals surface area contributed by atoms with E-state index in [0.717, 1.165) is 13.1 Å². The van der Waals surface area contributed by atoms with Crippen LogP contribution in [-0.4, -0.2) is 30.0 Å². The first-order chi connectivity index (χ1) is 12.1. The molecule has 0 aromatic carbocycles. The van der Waals surface area contributed by atoms with E-state index in [2.05, 4.69) is 18.7 Å². The average Bonchev–Trinajstić information content (AvgIpc) is 2.57. The summed E-state index contributed by atoms with van der Waals surface area (Å²) in [5, 5.41) is 10.9. The van der Waals surface area contributed by atoms with Crippen LogP contribution < -0.4 is 34.7 Å². The third-order valence-corrected chi connectivity index (χ3v) is 5.18. The number of carboxylic acid groups (broad SMARTS) is 1. The number of hydrogen-bond acceptors (Lipinski definition) is 3. The number of carbonyl (C=O) groups is 1. The maximum absolute atomic E-state index is 10.9. The number of rotatable bonds is 19. The zero-order valence-electron chi connectivity index (χ0n) is 18.4. The zero-order chi connectivity index (χ0) is 18.8. The molecule has 4 heteroatoms. The summed E-state index contributed by atoms with van der Waals surface area (Å²) in [7, 11) is 0. The molecule has 0 heterocycles. The van der Waals surface area contributed by atoms with Gasteiger partial charge in [-0.15, -0.1) is 0 Å². The van der Waals surface area contributed by atoms with Gasteiger partial charge in [0.15, 0.2) is 0 Å². The monoisotopic (exact) mass is 377 g/mol. The first kappa shape index (κ1) is 28.6. The maximum atomic E-state index is 10.9. The molecule has 0 aliphatic rings. The second-order valence-corrected chi connectivity index (χ2v) is 7.70. The van der Waals surface area contributed by atoms with Crippen LogP contribution in [0.5, 0.6) is 0 Å². The van der Waals surface area contributed by atoms with Gasteiger partial charge in [0.05, 0.1) is 0 Å². The van der Waals surface area contributed by atoms with Gasteiger partial charge in [-0.05, 0) is 32.9 Å². The van der Waals surface area contributed by atoms with Crippen LogP contribution in [0, 0.1) is 0 Å². The van der Waals surface area contributed by atoms with Gasteiger partial charge in [-0.3, -0.25) is 0 Å². The fourth-order valence-corrected chi connectivity index (χ4v) is 3.47. The standard InChI is InChI=1S/C22H45NO2.Na/c1-4-6-8-10-12-14-16-18-23(21(3)20-22(24)25)19-17-15-13-11-9-7-5-2;/h21H,4-20H2,1-3H3,(H,24,25);/q;+1/p-1. The van der Waals surface area contributed by atoms with Crippen molar-refractivity contribution in [3.8, 4) is 0 Å². The van der Waals surface area contributed by atoms with E-state index in [4.69, 9.17) is 0 Å². The Morgan fingerprint density at radius 1 is 0.731 bits per heavy atom. The molecule has 0 aliphatic heterocycles. The summed E-state index contributed by atoms with van der Waals surface area (Å²) >= 11 is 0. The van der Waals surface area contributed by atoms with Gasteiger partial charge in [0.25, 0.3) is 0 Å². The normalized spacial score (nSPS) is 12.2. The smallest absolute Gasteiger partial charge is 0.550 e. The molecule has 0 radical (unpaired) electrons. The van der Waals surface area contributed by atoms with Crippen LogP contribution in [0.4, 0.5) is 0 Å². The number of carboxylic acids is 1. The van der Waals surface area contributed by atoms with E-state index in [1.807, 2.05) is 6.92 Å². The molecule has 0 rings (SSSR count). The van der Waals surface area contributed by atoms with E-state index in [0.29, 0.717) is 0 Å². The van der Waals surface area contributed by atoms with E-state index < -0.39 is 5.97 Å². The molecular weight excluding hydrogens is 333 g/mol. The predicted octanol–water partition coefficient (Wildman–Crippen LogP) is 2.32. The molecule has 0 bridgehead atoms. The molecular formula is C22H44NNaO2. The van der Waals surface area contributed by atoms with Crippen molar-refractivity contribution in [1.82, 2.24) is 4.90 Å². The SMILES string of the molecule is CCCCCCCCCN(CCCCCCCCC)C(C)CC(=O)[O-].[Na+]. The van der Waals surface area contributed by atoms with Gasteiger partial charge < -0.3 is 14.8 Å². The summed E-state index contributed by atoms with van der Waals surface area (Å²) in [6.45, 7) is 8.62. The van der Waals surface area contributed by atoms with Gasteiger partial charge in [-0.25, -0.2) is 0 Å². The molecule has 1 atom stereocenters. The summed E-state index contributed by atoms with van der Waals surface area (Å²) in [6, 6.07) is 0.102. The van der Waals surface area contributed by atoms with Crippen LogP contribution in [0.3, 0.4) is 0 Å². The molecule has 0 amide bonds. The molecule has 0 fully saturated rings. The number of nitrogens with zero attached hydrogens (tertiary/aromatic N) is 1. The van der Waals surface area contributed by atoms with Crippen LogP contribution in [-0.2, 0) is 4.79 Å². The molecule has 26 heavy (non-hydrogen) atoms. The van der Waals surface area contributed by atoms with Crippen LogP contribution in [0.25, 0.3) is 0 Å². The van der Waals surface area contributed by atoms with E-state index in [9.17, 15) is 9.90 Å². The van der Waals surface area contributed by atoms with Gasteiger partial charge in [-0.1, -0.05) is 90.9 Å². The molecule has 0 aromatic rings. The maximum Gasteiger partial charge on any atom is 1.00 e. The third kappa shape index (κ3) is 19.2. The molecule has 0 aliphatic carbocycles. The quantitative estimate of drug-likeness (QED) is 0.256. The van der Waals surface area contributed by atoms with E-state index >= 15 is 0 Å². The summed E-state index contributed by atoms with van der Waals surface area (Å²) in [6.07, 6.45) is 18.5. The molecule has 0 aromatic heterocycles. The van der Waals surface area contributed by atoms with Crippen molar-refractivity contribution in [2.75, 3.05) is 13.1 Å². The Morgan fingerprint density at radius 3 is 1.42 bits per heavy atom. The first-order valence-electron chi connectivity index (χ1n) is 11.1. The second-order valence-electron chi connectivity index (χ2n) is 7.70. The van der Waals surface area contributed by atoms with Crippen molar-refractivity contribution in [2.45, 2.75) is 123 Å². The number of hydrogen-bond donors (Lipinski definition) is 0. The minimum absolute atomic E-state index is 0. The summed E-state index contributed by atoms with van der Waals surface area (Å²) in [5.41, 5.74) is 0. The Kier molecular flexibility index (Phi) is 23.9. The van der Waals surface area contributed by atoms with Crippen LogP contribution in [0.1, 0.15) is 117 Å². The topological polar surface area (TPSA) is 43.4 Å². The second kappa shape index (κ2) is 21.7. The first-order valence-corrected chi connectivity index (χ1v) is 11.1. The Balaban J connectivity index is 0. The van der Waals surface area contributed by atoms with Crippen LogP contribution >= 0.6 is 0 Å². The van der Waals surface area contributed by atoms with Gasteiger partial charge in [-0.2, -0.15) is 0 Å². The van der Waals surface area contributed by atoms with Gasteiger partial charge in [0, 0.05) is 18.4 Å². The van der Waals surface area contributed by atoms with Crippen LogP contribution in [0.2, 0.25) is 0 Å². The van der Waals surface area contributed by atoms with E-state index in [-0.39, 0.29) is 42.0 Å². The molecule has 0 N–H and O–H groups in total. The molecule has 0 saturated carbocycles. The van der Waals surface area contributed by atoms with Crippen molar-refractivity contribution >= 4 is 5.97 Å². The minimum atomic E-state index is -0.920. The molecule has 1 unspecified atom stereocenters. The molecule has 0 spiro atoms. The Bertz CT molecular complexity index is 282. The predicted molar refractivity (Wildman–Crippen MR) is 107 cm³/mol. The molecule has 150 valence electrons. The number of unbranched alkanes of at least 4 members (excludes halogenated alkanes) is 12. The average molecular weight is 378 g/mol.